The van der Waals surface area contributed by atoms with E-state index in [-0.39, 0.29) is 0 Å². The van der Waals surface area contributed by atoms with Crippen molar-refractivity contribution in [3.8, 4) is 0 Å². The SMILES string of the molecule is C=CCNC(=S)N1CCN(c2nnc(C3CCCCC3)s2)CC1. The fraction of sp³-hybridized carbons (Fsp3) is 0.688. The van der Waals surface area contributed by atoms with Crippen molar-refractivity contribution in [2.75, 3.05) is 37.6 Å². The van der Waals surface area contributed by atoms with Gasteiger partial charge in [-0.1, -0.05) is 36.7 Å². The van der Waals surface area contributed by atoms with Gasteiger partial charge in [-0.3, -0.25) is 0 Å². The van der Waals surface area contributed by atoms with Gasteiger partial charge in [0.15, 0.2) is 5.11 Å². The number of anilines is 1. The number of rotatable bonds is 4. The maximum atomic E-state index is 5.41. The second-order valence-electron chi connectivity index (χ2n) is 6.21. The van der Waals surface area contributed by atoms with Crippen molar-refractivity contribution in [1.82, 2.24) is 20.4 Å². The third kappa shape index (κ3) is 4.20. The summed E-state index contributed by atoms with van der Waals surface area (Å²) in [6.07, 6.45) is 8.46. The molecule has 3 rings (SSSR count). The lowest BCUT2D eigenvalue weighted by atomic mass is 9.90. The molecule has 1 saturated carbocycles. The lowest BCUT2D eigenvalue weighted by Crippen LogP contribution is -2.51. The van der Waals surface area contributed by atoms with E-state index in [1.54, 1.807) is 11.3 Å². The van der Waals surface area contributed by atoms with Crippen LogP contribution in [-0.4, -0.2) is 52.9 Å². The fourth-order valence-corrected chi connectivity index (χ4v) is 4.57. The highest BCUT2D eigenvalue weighted by Gasteiger charge is 2.24. The first-order chi connectivity index (χ1) is 11.3. The van der Waals surface area contributed by atoms with Gasteiger partial charge < -0.3 is 15.1 Å². The van der Waals surface area contributed by atoms with E-state index in [1.165, 1.54) is 37.1 Å². The molecular weight excluding hydrogens is 326 g/mol. The molecule has 2 fully saturated rings. The second kappa shape index (κ2) is 8.06. The molecular formula is C16H25N5S2. The molecule has 23 heavy (non-hydrogen) atoms. The van der Waals surface area contributed by atoms with E-state index in [0.717, 1.165) is 43.0 Å². The molecule has 0 unspecified atom stereocenters. The summed E-state index contributed by atoms with van der Waals surface area (Å²) in [5.74, 6) is 0.645. The lowest BCUT2D eigenvalue weighted by Gasteiger charge is -2.35. The van der Waals surface area contributed by atoms with E-state index in [4.69, 9.17) is 12.2 Å². The summed E-state index contributed by atoms with van der Waals surface area (Å²) >= 11 is 7.20. The normalized spacial score (nSPS) is 19.7. The van der Waals surface area contributed by atoms with Crippen LogP contribution in [0.1, 0.15) is 43.0 Å². The molecule has 1 aliphatic carbocycles. The third-order valence-electron chi connectivity index (χ3n) is 4.62. The Morgan fingerprint density at radius 3 is 2.65 bits per heavy atom. The smallest absolute Gasteiger partial charge is 0.208 e. The minimum absolute atomic E-state index is 0.645. The molecule has 126 valence electrons. The van der Waals surface area contributed by atoms with Crippen LogP contribution in [0.3, 0.4) is 0 Å². The predicted molar refractivity (Wildman–Crippen MR) is 100 cm³/mol. The van der Waals surface area contributed by atoms with Crippen LogP contribution in [0.5, 0.6) is 0 Å². The van der Waals surface area contributed by atoms with Gasteiger partial charge in [-0.05, 0) is 25.1 Å². The summed E-state index contributed by atoms with van der Waals surface area (Å²) < 4.78 is 0. The molecule has 5 nitrogen and oxygen atoms in total. The summed E-state index contributed by atoms with van der Waals surface area (Å²) in [5, 5.41) is 15.3. The van der Waals surface area contributed by atoms with Gasteiger partial charge in [-0.15, -0.1) is 16.8 Å². The number of aromatic nitrogens is 2. The van der Waals surface area contributed by atoms with E-state index in [2.05, 4.69) is 31.9 Å². The molecule has 2 heterocycles. The van der Waals surface area contributed by atoms with E-state index in [0.29, 0.717) is 5.92 Å². The molecule has 0 atom stereocenters. The van der Waals surface area contributed by atoms with Crippen molar-refractivity contribution in [3.63, 3.8) is 0 Å². The lowest BCUT2D eigenvalue weighted by molar-refractivity contribution is 0.381. The first kappa shape index (κ1) is 16.6. The Balaban J connectivity index is 1.52. The molecule has 0 bridgehead atoms. The highest BCUT2D eigenvalue weighted by Crippen LogP contribution is 2.36. The predicted octanol–water partition coefficient (Wildman–Crippen LogP) is 2.77. The highest BCUT2D eigenvalue weighted by molar-refractivity contribution is 7.80. The van der Waals surface area contributed by atoms with Gasteiger partial charge >= 0.3 is 0 Å². The van der Waals surface area contributed by atoms with E-state index in [1.807, 2.05) is 6.08 Å². The Kier molecular flexibility index (Phi) is 5.83. The van der Waals surface area contributed by atoms with E-state index >= 15 is 0 Å². The zero-order chi connectivity index (χ0) is 16.1. The minimum atomic E-state index is 0.645. The molecule has 1 aromatic rings. The van der Waals surface area contributed by atoms with Crippen molar-refractivity contribution in [2.24, 2.45) is 0 Å². The van der Waals surface area contributed by atoms with Crippen molar-refractivity contribution in [3.05, 3.63) is 17.7 Å². The van der Waals surface area contributed by atoms with Crippen LogP contribution >= 0.6 is 23.6 Å². The number of thiocarbonyl (C=S) groups is 1. The summed E-state index contributed by atoms with van der Waals surface area (Å²) in [6.45, 7) is 8.20. The van der Waals surface area contributed by atoms with Crippen molar-refractivity contribution in [1.29, 1.82) is 0 Å². The molecule has 1 saturated heterocycles. The maximum Gasteiger partial charge on any atom is 0.208 e. The van der Waals surface area contributed by atoms with E-state index < -0.39 is 0 Å². The molecule has 0 amide bonds. The van der Waals surface area contributed by atoms with Gasteiger partial charge in [0.2, 0.25) is 5.13 Å². The van der Waals surface area contributed by atoms with Crippen LogP contribution in [0.25, 0.3) is 0 Å². The largest absolute Gasteiger partial charge is 0.359 e. The Bertz CT molecular complexity index is 530. The summed E-state index contributed by atoms with van der Waals surface area (Å²) in [4.78, 5) is 4.56. The maximum absolute atomic E-state index is 5.41. The molecule has 0 spiro atoms. The molecule has 7 heteroatoms. The van der Waals surface area contributed by atoms with Crippen LogP contribution in [0.4, 0.5) is 5.13 Å². The fourth-order valence-electron chi connectivity index (χ4n) is 3.24. The topological polar surface area (TPSA) is 44.3 Å². The Morgan fingerprint density at radius 1 is 1.22 bits per heavy atom. The quantitative estimate of drug-likeness (QED) is 0.665. The van der Waals surface area contributed by atoms with E-state index in [9.17, 15) is 0 Å². The van der Waals surface area contributed by atoms with Gasteiger partial charge in [0.05, 0.1) is 0 Å². The molecule has 1 N–H and O–H groups in total. The number of hydrogen-bond acceptors (Lipinski definition) is 5. The van der Waals surface area contributed by atoms with Crippen molar-refractivity contribution in [2.45, 2.75) is 38.0 Å². The first-order valence-electron chi connectivity index (χ1n) is 8.50. The summed E-state index contributed by atoms with van der Waals surface area (Å²) in [5.41, 5.74) is 0. The highest BCUT2D eigenvalue weighted by atomic mass is 32.1. The summed E-state index contributed by atoms with van der Waals surface area (Å²) in [7, 11) is 0. The Hall–Kier alpha value is -1.21. The van der Waals surface area contributed by atoms with Crippen molar-refractivity contribution >= 4 is 33.8 Å². The van der Waals surface area contributed by atoms with Gasteiger partial charge in [-0.25, -0.2) is 0 Å². The number of hydrogen-bond donors (Lipinski definition) is 1. The van der Waals surface area contributed by atoms with Gasteiger partial charge in [0.25, 0.3) is 0 Å². The second-order valence-corrected chi connectivity index (χ2v) is 7.58. The van der Waals surface area contributed by atoms with Crippen LogP contribution in [0, 0.1) is 0 Å². The monoisotopic (exact) mass is 351 g/mol. The molecule has 0 aromatic carbocycles. The zero-order valence-corrected chi connectivity index (χ0v) is 15.2. The standard InChI is InChI=1S/C16H25N5S2/c1-2-8-17-15(22)20-9-11-21(12-10-20)16-19-18-14(23-16)13-6-4-3-5-7-13/h2,13H,1,3-12H2,(H,17,22). The molecule has 2 aliphatic rings. The number of nitrogens with zero attached hydrogens (tertiary/aromatic N) is 4. The van der Waals surface area contributed by atoms with Crippen LogP contribution < -0.4 is 10.2 Å². The van der Waals surface area contributed by atoms with Crippen LogP contribution in [0.15, 0.2) is 12.7 Å². The molecule has 1 aliphatic heterocycles. The Morgan fingerprint density at radius 2 is 1.96 bits per heavy atom. The average molecular weight is 352 g/mol. The Labute approximate surface area is 147 Å². The van der Waals surface area contributed by atoms with Crippen molar-refractivity contribution < 1.29 is 0 Å². The average Bonchev–Trinajstić information content (AvgIpc) is 3.11. The minimum Gasteiger partial charge on any atom is -0.359 e. The summed E-state index contributed by atoms with van der Waals surface area (Å²) in [6, 6.07) is 0. The first-order valence-corrected chi connectivity index (χ1v) is 9.72. The molecule has 1 aromatic heterocycles. The van der Waals surface area contributed by atoms with Gasteiger partial charge in [0.1, 0.15) is 5.01 Å². The van der Waals surface area contributed by atoms with Crippen LogP contribution in [0.2, 0.25) is 0 Å². The number of piperazine rings is 1. The van der Waals surface area contributed by atoms with Gasteiger partial charge in [0, 0.05) is 38.6 Å². The van der Waals surface area contributed by atoms with Gasteiger partial charge in [-0.2, -0.15) is 0 Å². The van der Waals surface area contributed by atoms with Crippen LogP contribution in [-0.2, 0) is 0 Å². The molecule has 0 radical (unpaired) electrons. The zero-order valence-electron chi connectivity index (χ0n) is 13.5. The third-order valence-corrected chi connectivity index (χ3v) is 6.17. The number of nitrogens with one attached hydrogen (secondary N) is 1.